The van der Waals surface area contributed by atoms with Crippen molar-refractivity contribution in [3.63, 3.8) is 0 Å². The van der Waals surface area contributed by atoms with Crippen molar-refractivity contribution in [3.05, 3.63) is 76.9 Å². The number of amides is 2. The number of benzene rings is 2. The van der Waals surface area contributed by atoms with Gasteiger partial charge in [0.25, 0.3) is 5.91 Å². The van der Waals surface area contributed by atoms with E-state index in [0.717, 1.165) is 11.1 Å². The molecule has 7 nitrogen and oxygen atoms in total. The standard InChI is InChI=1S/C24H25ClN4O3/c1-17(24(31)28-11-13-32-14-12-28)26-23(30)21-16-29(15-18-5-3-2-4-6-18)27-22(21)19-7-9-20(25)10-8-19/h2-10,16-17H,11-15H2,1H3,(H,26,30). The molecule has 1 atom stereocenters. The van der Waals surface area contributed by atoms with Crippen molar-refractivity contribution < 1.29 is 14.3 Å². The molecule has 1 fully saturated rings. The topological polar surface area (TPSA) is 76.5 Å². The average Bonchev–Trinajstić information content (AvgIpc) is 3.24. The Morgan fingerprint density at radius 1 is 1.09 bits per heavy atom. The Bertz CT molecular complexity index is 1080. The Morgan fingerprint density at radius 2 is 1.78 bits per heavy atom. The van der Waals surface area contributed by atoms with E-state index in [0.29, 0.717) is 49.1 Å². The third-order valence-corrected chi connectivity index (χ3v) is 5.60. The molecular weight excluding hydrogens is 428 g/mol. The second-order valence-corrected chi connectivity index (χ2v) is 8.15. The number of ether oxygens (including phenoxy) is 1. The van der Waals surface area contributed by atoms with Crippen molar-refractivity contribution in [1.82, 2.24) is 20.0 Å². The fourth-order valence-electron chi connectivity index (χ4n) is 3.65. The van der Waals surface area contributed by atoms with Gasteiger partial charge in [-0.15, -0.1) is 0 Å². The molecule has 32 heavy (non-hydrogen) atoms. The molecule has 0 radical (unpaired) electrons. The van der Waals surface area contributed by atoms with Crippen LogP contribution in [0.5, 0.6) is 0 Å². The molecule has 0 spiro atoms. The number of morpholine rings is 1. The summed E-state index contributed by atoms with van der Waals surface area (Å²) in [4.78, 5) is 27.6. The van der Waals surface area contributed by atoms with E-state index in [2.05, 4.69) is 10.4 Å². The van der Waals surface area contributed by atoms with Crippen LogP contribution in [0.2, 0.25) is 5.02 Å². The van der Waals surface area contributed by atoms with Crippen molar-refractivity contribution in [2.75, 3.05) is 26.3 Å². The highest BCUT2D eigenvalue weighted by Crippen LogP contribution is 2.24. The molecule has 1 saturated heterocycles. The summed E-state index contributed by atoms with van der Waals surface area (Å²) >= 11 is 6.04. The number of nitrogens with zero attached hydrogens (tertiary/aromatic N) is 3. The van der Waals surface area contributed by atoms with Crippen LogP contribution >= 0.6 is 11.6 Å². The average molecular weight is 453 g/mol. The smallest absolute Gasteiger partial charge is 0.255 e. The molecule has 2 aromatic carbocycles. The predicted octanol–water partition coefficient (Wildman–Crippen LogP) is 3.23. The minimum Gasteiger partial charge on any atom is -0.378 e. The summed E-state index contributed by atoms with van der Waals surface area (Å²) < 4.78 is 7.04. The van der Waals surface area contributed by atoms with Gasteiger partial charge in [0.1, 0.15) is 11.7 Å². The Labute approximate surface area is 191 Å². The molecule has 3 aromatic rings. The first-order valence-corrected chi connectivity index (χ1v) is 10.9. The second kappa shape index (κ2) is 9.97. The third kappa shape index (κ3) is 5.18. The van der Waals surface area contributed by atoms with E-state index in [4.69, 9.17) is 16.3 Å². The summed E-state index contributed by atoms with van der Waals surface area (Å²) in [5, 5.41) is 8.12. The second-order valence-electron chi connectivity index (χ2n) is 7.71. The number of carbonyl (C=O) groups excluding carboxylic acids is 2. The Hall–Kier alpha value is -3.16. The van der Waals surface area contributed by atoms with Crippen LogP contribution < -0.4 is 5.32 Å². The van der Waals surface area contributed by atoms with E-state index in [-0.39, 0.29) is 11.8 Å². The maximum atomic E-state index is 13.2. The lowest BCUT2D eigenvalue weighted by atomic mass is 10.1. The zero-order valence-electron chi connectivity index (χ0n) is 17.8. The molecule has 1 N–H and O–H groups in total. The Kier molecular flexibility index (Phi) is 6.87. The molecule has 1 unspecified atom stereocenters. The molecule has 2 amide bonds. The van der Waals surface area contributed by atoms with E-state index in [1.807, 2.05) is 42.5 Å². The highest BCUT2D eigenvalue weighted by atomic mass is 35.5. The maximum Gasteiger partial charge on any atom is 0.255 e. The first-order chi connectivity index (χ1) is 15.5. The lowest BCUT2D eigenvalue weighted by Crippen LogP contribution is -2.50. The van der Waals surface area contributed by atoms with Crippen LogP contribution in [-0.4, -0.2) is 58.8 Å². The summed E-state index contributed by atoms with van der Waals surface area (Å²) in [6.45, 7) is 4.32. The van der Waals surface area contributed by atoms with E-state index in [9.17, 15) is 9.59 Å². The van der Waals surface area contributed by atoms with Crippen molar-refractivity contribution in [2.24, 2.45) is 0 Å². The van der Waals surface area contributed by atoms with Gasteiger partial charge in [-0.3, -0.25) is 14.3 Å². The van der Waals surface area contributed by atoms with E-state index in [1.54, 1.807) is 34.8 Å². The number of rotatable bonds is 6. The summed E-state index contributed by atoms with van der Waals surface area (Å²) in [7, 11) is 0. The number of carbonyl (C=O) groups is 2. The first kappa shape index (κ1) is 22.0. The largest absolute Gasteiger partial charge is 0.378 e. The van der Waals surface area contributed by atoms with Crippen LogP contribution in [0.15, 0.2) is 60.8 Å². The maximum absolute atomic E-state index is 13.2. The van der Waals surface area contributed by atoms with Crippen molar-refractivity contribution in [2.45, 2.75) is 19.5 Å². The van der Waals surface area contributed by atoms with E-state index in [1.165, 1.54) is 0 Å². The molecule has 0 aliphatic carbocycles. The van der Waals surface area contributed by atoms with Gasteiger partial charge in [-0.1, -0.05) is 54.1 Å². The molecule has 8 heteroatoms. The summed E-state index contributed by atoms with van der Waals surface area (Å²) in [5.74, 6) is -0.463. The SMILES string of the molecule is CC(NC(=O)c1cn(Cc2ccccc2)nc1-c1ccc(Cl)cc1)C(=O)N1CCOCC1. The minimum absolute atomic E-state index is 0.119. The van der Waals surface area contributed by atoms with E-state index >= 15 is 0 Å². The molecular formula is C24H25ClN4O3. The first-order valence-electron chi connectivity index (χ1n) is 10.6. The highest BCUT2D eigenvalue weighted by molar-refractivity contribution is 6.30. The lowest BCUT2D eigenvalue weighted by Gasteiger charge is -2.29. The van der Waals surface area contributed by atoms with Crippen molar-refractivity contribution in [3.8, 4) is 11.3 Å². The number of aromatic nitrogens is 2. The zero-order valence-corrected chi connectivity index (χ0v) is 18.6. The van der Waals surface area contributed by atoms with Gasteiger partial charge in [0.2, 0.25) is 5.91 Å². The Morgan fingerprint density at radius 3 is 2.47 bits per heavy atom. The molecule has 0 saturated carbocycles. The highest BCUT2D eigenvalue weighted by Gasteiger charge is 2.26. The summed E-state index contributed by atoms with van der Waals surface area (Å²) in [5.41, 5.74) is 2.80. The van der Waals surface area contributed by atoms with Crippen LogP contribution in [0, 0.1) is 0 Å². The normalized spacial score (nSPS) is 14.8. The number of hydrogen-bond acceptors (Lipinski definition) is 4. The molecule has 0 bridgehead atoms. The fourth-order valence-corrected chi connectivity index (χ4v) is 3.78. The summed E-state index contributed by atoms with van der Waals surface area (Å²) in [6.07, 6.45) is 1.72. The number of nitrogens with one attached hydrogen (secondary N) is 1. The van der Waals surface area contributed by atoms with Crippen molar-refractivity contribution >= 4 is 23.4 Å². The Balaban J connectivity index is 1.58. The molecule has 166 valence electrons. The van der Waals surface area contributed by atoms with Gasteiger partial charge in [0, 0.05) is 29.9 Å². The van der Waals surface area contributed by atoms with Gasteiger partial charge in [-0.25, -0.2) is 0 Å². The van der Waals surface area contributed by atoms with Crippen LogP contribution in [0.4, 0.5) is 0 Å². The molecule has 1 aliphatic heterocycles. The molecule has 4 rings (SSSR count). The van der Waals surface area contributed by atoms with Gasteiger partial charge in [-0.2, -0.15) is 5.10 Å². The van der Waals surface area contributed by atoms with Gasteiger partial charge < -0.3 is 15.0 Å². The van der Waals surface area contributed by atoms with Gasteiger partial charge in [0.05, 0.1) is 25.3 Å². The quantitative estimate of drug-likeness (QED) is 0.623. The van der Waals surface area contributed by atoms with Crippen LogP contribution in [-0.2, 0) is 16.1 Å². The zero-order chi connectivity index (χ0) is 22.5. The number of halogens is 1. The van der Waals surface area contributed by atoms with Crippen LogP contribution in [0.25, 0.3) is 11.3 Å². The van der Waals surface area contributed by atoms with Crippen molar-refractivity contribution in [1.29, 1.82) is 0 Å². The molecule has 1 aromatic heterocycles. The monoisotopic (exact) mass is 452 g/mol. The third-order valence-electron chi connectivity index (χ3n) is 5.35. The van der Waals surface area contributed by atoms with E-state index < -0.39 is 6.04 Å². The van der Waals surface area contributed by atoms with Crippen LogP contribution in [0.1, 0.15) is 22.8 Å². The lowest BCUT2D eigenvalue weighted by molar-refractivity contribution is -0.136. The van der Waals surface area contributed by atoms with Gasteiger partial charge >= 0.3 is 0 Å². The predicted molar refractivity (Wildman–Crippen MR) is 123 cm³/mol. The van der Waals surface area contributed by atoms with Crippen LogP contribution in [0.3, 0.4) is 0 Å². The van der Waals surface area contributed by atoms with Gasteiger partial charge in [-0.05, 0) is 24.6 Å². The van der Waals surface area contributed by atoms with Gasteiger partial charge in [0.15, 0.2) is 0 Å². The molecule has 1 aliphatic rings. The fraction of sp³-hybridized carbons (Fsp3) is 0.292. The molecule has 2 heterocycles. The number of hydrogen-bond donors (Lipinski definition) is 1. The summed E-state index contributed by atoms with van der Waals surface area (Å²) in [6, 6.07) is 16.4. The minimum atomic E-state index is -0.656.